The summed E-state index contributed by atoms with van der Waals surface area (Å²) in [7, 11) is 0. The summed E-state index contributed by atoms with van der Waals surface area (Å²) in [5.74, 6) is 2.49. The van der Waals surface area contributed by atoms with Crippen LogP contribution in [0.1, 0.15) is 50.5 Å². The van der Waals surface area contributed by atoms with Crippen molar-refractivity contribution in [3.05, 3.63) is 47.5 Å². The van der Waals surface area contributed by atoms with Gasteiger partial charge in [0, 0.05) is 5.56 Å². The molecule has 2 aromatic carbocycles. The van der Waals surface area contributed by atoms with Crippen molar-refractivity contribution in [2.75, 3.05) is 33.0 Å². The van der Waals surface area contributed by atoms with Gasteiger partial charge in [-0.05, 0) is 77.1 Å². The summed E-state index contributed by atoms with van der Waals surface area (Å²) < 4.78 is 28.5. The predicted molar refractivity (Wildman–Crippen MR) is 122 cm³/mol. The van der Waals surface area contributed by atoms with E-state index in [9.17, 15) is 4.79 Å². The van der Waals surface area contributed by atoms with Crippen molar-refractivity contribution in [2.24, 2.45) is 0 Å². The Morgan fingerprint density at radius 3 is 1.90 bits per heavy atom. The summed E-state index contributed by atoms with van der Waals surface area (Å²) in [6, 6.07) is 9.03. The maximum atomic E-state index is 13.3. The molecule has 0 amide bonds. The van der Waals surface area contributed by atoms with Crippen LogP contribution in [-0.2, 0) is 0 Å². The van der Waals surface area contributed by atoms with E-state index in [0.717, 1.165) is 5.56 Å². The van der Waals surface area contributed by atoms with E-state index in [1.54, 1.807) is 18.2 Å². The fourth-order valence-electron chi connectivity index (χ4n) is 3.06. The maximum absolute atomic E-state index is 13.3. The second kappa shape index (κ2) is 12.5. The largest absolute Gasteiger partial charge is 0.494 e. The first kappa shape index (κ1) is 24.1. The Kier molecular flexibility index (Phi) is 9.75. The van der Waals surface area contributed by atoms with Crippen molar-refractivity contribution in [3.63, 3.8) is 0 Å². The molecule has 0 N–H and O–H groups in total. The van der Waals surface area contributed by atoms with E-state index in [2.05, 4.69) is 0 Å². The molecule has 0 aliphatic carbocycles. The minimum Gasteiger partial charge on any atom is -0.494 e. The Balaban J connectivity index is 2.49. The SMILES string of the molecule is CCOc1ccc(OCC)c(/C=C\C(=O)c2c(OCC)ccc(OCC)c2OCC)c1. The van der Waals surface area contributed by atoms with E-state index in [1.807, 2.05) is 52.8 Å². The third-order valence-corrected chi connectivity index (χ3v) is 4.22. The molecule has 6 nitrogen and oxygen atoms in total. The minimum absolute atomic E-state index is 0.252. The molecule has 6 heteroatoms. The quantitative estimate of drug-likeness (QED) is 0.307. The van der Waals surface area contributed by atoms with Gasteiger partial charge < -0.3 is 23.7 Å². The van der Waals surface area contributed by atoms with E-state index in [0.29, 0.717) is 67.3 Å². The zero-order valence-electron chi connectivity index (χ0n) is 19.0. The second-order valence-corrected chi connectivity index (χ2v) is 6.33. The normalized spacial score (nSPS) is 10.7. The van der Waals surface area contributed by atoms with Crippen molar-refractivity contribution in [1.29, 1.82) is 0 Å². The highest BCUT2D eigenvalue weighted by Gasteiger charge is 2.22. The Morgan fingerprint density at radius 1 is 0.710 bits per heavy atom. The molecule has 0 saturated carbocycles. The first-order valence-corrected chi connectivity index (χ1v) is 10.8. The summed E-state index contributed by atoms with van der Waals surface area (Å²) in [6.07, 6.45) is 3.21. The lowest BCUT2D eigenvalue weighted by Gasteiger charge is -2.17. The molecule has 0 heterocycles. The zero-order chi connectivity index (χ0) is 22.6. The van der Waals surface area contributed by atoms with Gasteiger partial charge in [-0.15, -0.1) is 0 Å². The number of carbonyl (C=O) groups is 1. The summed E-state index contributed by atoms with van der Waals surface area (Å²) in [4.78, 5) is 13.3. The molecule has 0 unspecified atom stereocenters. The highest BCUT2D eigenvalue weighted by molar-refractivity contribution is 6.11. The molecule has 0 atom stereocenters. The van der Waals surface area contributed by atoms with Crippen LogP contribution in [0.25, 0.3) is 6.08 Å². The standard InChI is InChI=1S/C25H32O6/c1-6-27-19-12-14-21(28-7-2)18(17-19)11-13-20(26)24-22(29-8-3)15-16-23(30-9-4)25(24)31-10-5/h11-17H,6-10H2,1-5H3/b13-11-. The van der Waals surface area contributed by atoms with Gasteiger partial charge in [0.05, 0.1) is 33.0 Å². The molecule has 0 spiro atoms. The number of ketones is 1. The fraction of sp³-hybridized carbons (Fsp3) is 0.400. The average Bonchev–Trinajstić information content (AvgIpc) is 2.76. The van der Waals surface area contributed by atoms with Gasteiger partial charge in [-0.3, -0.25) is 4.79 Å². The van der Waals surface area contributed by atoms with Crippen LogP contribution < -0.4 is 23.7 Å². The van der Waals surface area contributed by atoms with Crippen LogP contribution in [0.5, 0.6) is 28.7 Å². The summed E-state index contributed by atoms with van der Waals surface area (Å²) in [5, 5.41) is 0. The van der Waals surface area contributed by atoms with Crippen LogP contribution in [-0.4, -0.2) is 38.8 Å². The monoisotopic (exact) mass is 428 g/mol. The van der Waals surface area contributed by atoms with Crippen LogP contribution in [0.3, 0.4) is 0 Å². The Hall–Kier alpha value is -3.15. The summed E-state index contributed by atoms with van der Waals surface area (Å²) in [6.45, 7) is 11.8. The smallest absolute Gasteiger partial charge is 0.193 e. The highest BCUT2D eigenvalue weighted by Crippen LogP contribution is 2.39. The number of allylic oxidation sites excluding steroid dienone is 1. The lowest BCUT2D eigenvalue weighted by Crippen LogP contribution is -2.08. The van der Waals surface area contributed by atoms with Crippen molar-refractivity contribution in [3.8, 4) is 28.7 Å². The Labute approximate surface area is 184 Å². The Bertz CT molecular complexity index is 888. The van der Waals surface area contributed by atoms with Gasteiger partial charge in [0.25, 0.3) is 0 Å². The lowest BCUT2D eigenvalue weighted by molar-refractivity contribution is 0.103. The molecule has 0 aliphatic heterocycles. The number of hydrogen-bond donors (Lipinski definition) is 0. The van der Waals surface area contributed by atoms with Crippen molar-refractivity contribution >= 4 is 11.9 Å². The van der Waals surface area contributed by atoms with Gasteiger partial charge in [-0.1, -0.05) is 0 Å². The fourth-order valence-corrected chi connectivity index (χ4v) is 3.06. The molecule has 0 bridgehead atoms. The van der Waals surface area contributed by atoms with E-state index in [-0.39, 0.29) is 5.78 Å². The number of rotatable bonds is 13. The minimum atomic E-state index is -0.252. The summed E-state index contributed by atoms with van der Waals surface area (Å²) >= 11 is 0. The van der Waals surface area contributed by atoms with Crippen LogP contribution in [0, 0.1) is 0 Å². The van der Waals surface area contributed by atoms with Crippen molar-refractivity contribution in [1.82, 2.24) is 0 Å². The third kappa shape index (κ3) is 6.41. The van der Waals surface area contributed by atoms with Gasteiger partial charge in [0.15, 0.2) is 17.3 Å². The molecule has 0 radical (unpaired) electrons. The van der Waals surface area contributed by atoms with E-state index in [4.69, 9.17) is 23.7 Å². The molecule has 0 saturated heterocycles. The second-order valence-electron chi connectivity index (χ2n) is 6.33. The topological polar surface area (TPSA) is 63.2 Å². The predicted octanol–water partition coefficient (Wildman–Crippen LogP) is 5.58. The van der Waals surface area contributed by atoms with Gasteiger partial charge >= 0.3 is 0 Å². The van der Waals surface area contributed by atoms with Crippen molar-refractivity contribution in [2.45, 2.75) is 34.6 Å². The maximum Gasteiger partial charge on any atom is 0.193 e. The lowest BCUT2D eigenvalue weighted by atomic mass is 10.1. The first-order valence-electron chi connectivity index (χ1n) is 10.8. The molecule has 0 aromatic heterocycles. The number of hydrogen-bond acceptors (Lipinski definition) is 6. The molecule has 2 aromatic rings. The van der Waals surface area contributed by atoms with Crippen molar-refractivity contribution < 1.29 is 28.5 Å². The van der Waals surface area contributed by atoms with E-state index < -0.39 is 0 Å². The summed E-state index contributed by atoms with van der Waals surface area (Å²) in [5.41, 5.74) is 1.09. The molecule has 168 valence electrons. The van der Waals surface area contributed by atoms with Gasteiger partial charge in [-0.2, -0.15) is 0 Å². The highest BCUT2D eigenvalue weighted by atomic mass is 16.5. The Morgan fingerprint density at radius 2 is 1.26 bits per heavy atom. The van der Waals surface area contributed by atoms with Crippen LogP contribution in [0.15, 0.2) is 36.4 Å². The molecule has 31 heavy (non-hydrogen) atoms. The third-order valence-electron chi connectivity index (χ3n) is 4.22. The number of benzene rings is 2. The number of ether oxygens (including phenoxy) is 5. The van der Waals surface area contributed by atoms with Gasteiger partial charge in [-0.25, -0.2) is 0 Å². The molecular formula is C25H32O6. The molecule has 0 aliphatic rings. The van der Waals surface area contributed by atoms with Gasteiger partial charge in [0.2, 0.25) is 0 Å². The molecular weight excluding hydrogens is 396 g/mol. The van der Waals surface area contributed by atoms with Crippen LogP contribution >= 0.6 is 0 Å². The van der Waals surface area contributed by atoms with E-state index >= 15 is 0 Å². The zero-order valence-corrected chi connectivity index (χ0v) is 19.0. The van der Waals surface area contributed by atoms with Crippen LogP contribution in [0.2, 0.25) is 0 Å². The van der Waals surface area contributed by atoms with E-state index in [1.165, 1.54) is 6.08 Å². The number of carbonyl (C=O) groups excluding carboxylic acids is 1. The molecule has 2 rings (SSSR count). The molecule has 0 fully saturated rings. The first-order chi connectivity index (χ1) is 15.1. The average molecular weight is 429 g/mol. The van der Waals surface area contributed by atoms with Crippen LogP contribution in [0.4, 0.5) is 0 Å². The van der Waals surface area contributed by atoms with Gasteiger partial charge in [0.1, 0.15) is 22.8 Å².